The van der Waals surface area contributed by atoms with Crippen molar-refractivity contribution in [3.8, 4) is 12.8 Å². The summed E-state index contributed by atoms with van der Waals surface area (Å²) in [7, 11) is 0. The summed E-state index contributed by atoms with van der Waals surface area (Å²) in [4.78, 5) is 4.84. The first-order valence-electron chi connectivity index (χ1n) is 10.9. The average Bonchev–Trinajstić information content (AvgIpc) is 2.74. The molecule has 2 aromatic carbocycles. The molecule has 0 radical (unpaired) electrons. The minimum Gasteiger partial charge on any atom is -0.252 e. The lowest BCUT2D eigenvalue weighted by Gasteiger charge is -2.18. The molecule has 3 rings (SSSR count). The van der Waals surface area contributed by atoms with Crippen LogP contribution in [0.15, 0.2) is 54.6 Å². The van der Waals surface area contributed by atoms with E-state index in [9.17, 15) is 0 Å². The highest BCUT2D eigenvalue weighted by molar-refractivity contribution is 5.83. The van der Waals surface area contributed by atoms with E-state index in [1.165, 1.54) is 27.6 Å². The number of aryl methyl sites for hydroxylation is 1. The van der Waals surface area contributed by atoms with E-state index >= 15 is 0 Å². The Morgan fingerprint density at radius 1 is 0.871 bits per heavy atom. The molecule has 0 saturated heterocycles. The number of hydrogen-bond donors (Lipinski definition) is 0. The zero-order valence-electron chi connectivity index (χ0n) is 19.8. The van der Waals surface area contributed by atoms with Gasteiger partial charge in [-0.2, -0.15) is 0 Å². The average molecular weight is 410 g/mol. The van der Waals surface area contributed by atoms with Crippen molar-refractivity contribution < 1.29 is 0 Å². The van der Waals surface area contributed by atoms with E-state index in [2.05, 4.69) is 127 Å². The van der Waals surface area contributed by atoms with Gasteiger partial charge < -0.3 is 0 Å². The number of benzene rings is 2. The van der Waals surface area contributed by atoms with Crippen molar-refractivity contribution in [3.05, 3.63) is 82.6 Å². The van der Waals surface area contributed by atoms with E-state index in [1.807, 2.05) is 0 Å². The quantitative estimate of drug-likeness (QED) is 0.305. The van der Waals surface area contributed by atoms with E-state index < -0.39 is 0 Å². The van der Waals surface area contributed by atoms with Crippen LogP contribution in [0.25, 0.3) is 29.1 Å². The van der Waals surface area contributed by atoms with Gasteiger partial charge in [0, 0.05) is 16.5 Å². The normalized spacial score (nSPS) is 11.9. The molecule has 31 heavy (non-hydrogen) atoms. The maximum atomic E-state index is 4.84. The largest absolute Gasteiger partial charge is 0.252 e. The number of rotatable bonds is 5. The van der Waals surface area contributed by atoms with Gasteiger partial charge in [0.1, 0.15) is 0 Å². The lowest BCUT2D eigenvalue weighted by Crippen LogP contribution is -2.13. The fourth-order valence-corrected chi connectivity index (χ4v) is 3.27. The molecule has 0 amide bonds. The van der Waals surface area contributed by atoms with E-state index in [0.29, 0.717) is 5.92 Å². The highest BCUT2D eigenvalue weighted by atomic mass is 14.7. The monoisotopic (exact) mass is 409 g/mol. The summed E-state index contributed by atoms with van der Waals surface area (Å²) in [5, 5.41) is 1.18. The van der Waals surface area contributed by atoms with Crippen LogP contribution >= 0.6 is 0 Å². The summed E-state index contributed by atoms with van der Waals surface area (Å²) in [6.07, 6.45) is 18.0. The van der Waals surface area contributed by atoms with Crippen LogP contribution in [0.5, 0.6) is 0 Å². The summed E-state index contributed by atoms with van der Waals surface area (Å²) in [5.41, 5.74) is 7.29. The predicted octanol–water partition coefficient (Wildman–Crippen LogP) is 8.32. The van der Waals surface area contributed by atoms with Gasteiger partial charge in [-0.05, 0) is 65.8 Å². The molecule has 3 aromatic rings. The summed E-state index contributed by atoms with van der Waals surface area (Å²) in [5.74, 6) is 0.691. The Kier molecular flexibility index (Phi) is 8.40. The molecule has 1 heterocycles. The second kappa shape index (κ2) is 10.8. The van der Waals surface area contributed by atoms with Crippen LogP contribution in [0.3, 0.4) is 0 Å². The van der Waals surface area contributed by atoms with Crippen LogP contribution in [-0.4, -0.2) is 4.98 Å². The molecule has 0 saturated carbocycles. The molecule has 160 valence electrons. The molecule has 0 bridgehead atoms. The van der Waals surface area contributed by atoms with Crippen LogP contribution in [-0.2, 0) is 5.41 Å². The van der Waals surface area contributed by atoms with Crippen LogP contribution in [0.4, 0.5) is 0 Å². The van der Waals surface area contributed by atoms with Gasteiger partial charge >= 0.3 is 0 Å². The van der Waals surface area contributed by atoms with Gasteiger partial charge in [0.25, 0.3) is 0 Å². The highest BCUT2D eigenvalue weighted by Crippen LogP contribution is 2.24. The first kappa shape index (κ1) is 24.2. The van der Waals surface area contributed by atoms with Crippen molar-refractivity contribution >= 4 is 29.1 Å². The van der Waals surface area contributed by atoms with Crippen molar-refractivity contribution in [2.24, 2.45) is 5.92 Å². The van der Waals surface area contributed by atoms with Crippen LogP contribution in [0.1, 0.15) is 69.0 Å². The van der Waals surface area contributed by atoms with E-state index in [1.54, 1.807) is 0 Å². The van der Waals surface area contributed by atoms with Crippen molar-refractivity contribution in [2.75, 3.05) is 0 Å². The zero-order chi connectivity index (χ0) is 23.0. The van der Waals surface area contributed by atoms with Crippen molar-refractivity contribution in [1.82, 2.24) is 4.98 Å². The summed E-state index contributed by atoms with van der Waals surface area (Å²) >= 11 is 0. The molecule has 1 aromatic heterocycles. The van der Waals surface area contributed by atoms with E-state index in [4.69, 9.17) is 4.98 Å². The SMILES string of the molecule is C#C.Cc1ccc(/C=C/c2ccc3nc(C(C)(C)C)ccc3c2)cc1/C=C\CC(C)C. The predicted molar refractivity (Wildman–Crippen MR) is 139 cm³/mol. The van der Waals surface area contributed by atoms with Gasteiger partial charge in [-0.1, -0.05) is 83.2 Å². The topological polar surface area (TPSA) is 12.9 Å². The number of nitrogens with zero attached hydrogens (tertiary/aromatic N) is 1. The first-order chi connectivity index (χ1) is 14.7. The Balaban J connectivity index is 0.00000166. The van der Waals surface area contributed by atoms with Gasteiger partial charge in [-0.3, -0.25) is 4.98 Å². The highest BCUT2D eigenvalue weighted by Gasteiger charge is 2.15. The van der Waals surface area contributed by atoms with Crippen LogP contribution in [0, 0.1) is 25.7 Å². The number of hydrogen-bond acceptors (Lipinski definition) is 1. The Bertz CT molecular complexity index is 1090. The molecule has 0 atom stereocenters. The maximum Gasteiger partial charge on any atom is 0.0705 e. The number of aromatic nitrogens is 1. The molecule has 0 fully saturated rings. The first-order valence-corrected chi connectivity index (χ1v) is 10.9. The number of terminal acetylenes is 1. The minimum absolute atomic E-state index is 0.0690. The van der Waals surface area contributed by atoms with Crippen molar-refractivity contribution in [2.45, 2.75) is 53.4 Å². The number of pyridine rings is 1. The molecule has 0 aliphatic carbocycles. The van der Waals surface area contributed by atoms with Gasteiger partial charge in [-0.25, -0.2) is 0 Å². The van der Waals surface area contributed by atoms with Gasteiger partial charge in [0.2, 0.25) is 0 Å². The van der Waals surface area contributed by atoms with E-state index in [0.717, 1.165) is 17.6 Å². The van der Waals surface area contributed by atoms with Gasteiger partial charge in [0.15, 0.2) is 0 Å². The Morgan fingerprint density at radius 3 is 2.16 bits per heavy atom. The molecule has 0 aliphatic heterocycles. The fraction of sp³-hybridized carbons (Fsp3) is 0.300. The molecule has 1 heteroatoms. The number of allylic oxidation sites excluding steroid dienone is 1. The fourth-order valence-electron chi connectivity index (χ4n) is 3.27. The lowest BCUT2D eigenvalue weighted by molar-refractivity contribution is 0.571. The van der Waals surface area contributed by atoms with E-state index in [-0.39, 0.29) is 5.41 Å². The minimum atomic E-state index is 0.0690. The van der Waals surface area contributed by atoms with Gasteiger partial charge in [-0.15, -0.1) is 12.8 Å². The zero-order valence-corrected chi connectivity index (χ0v) is 19.8. The summed E-state index contributed by atoms with van der Waals surface area (Å²) in [6.45, 7) is 13.3. The Labute approximate surface area is 188 Å². The Hall–Kier alpha value is -3.11. The van der Waals surface area contributed by atoms with Crippen LogP contribution < -0.4 is 0 Å². The standard InChI is InChI=1S/C28H33N.C2H2/c1-20(2)8-7-9-24-18-22(11-10-21(24)3)12-13-23-14-16-26-25(19-23)15-17-27(29-26)28(4,5)6;1-2/h7,9-20H,8H2,1-6H3;1-2H/b9-7-,13-12+;. The molecule has 1 nitrogen and oxygen atoms in total. The third-order valence-electron chi connectivity index (χ3n) is 5.16. The Morgan fingerprint density at radius 2 is 1.52 bits per heavy atom. The molecule has 0 N–H and O–H groups in total. The lowest BCUT2D eigenvalue weighted by atomic mass is 9.91. The van der Waals surface area contributed by atoms with Crippen molar-refractivity contribution in [1.29, 1.82) is 0 Å². The number of fused-ring (bicyclic) bond motifs is 1. The summed E-state index contributed by atoms with van der Waals surface area (Å²) < 4.78 is 0. The maximum absolute atomic E-state index is 4.84. The van der Waals surface area contributed by atoms with Gasteiger partial charge in [0.05, 0.1) is 5.52 Å². The molecule has 0 aliphatic rings. The van der Waals surface area contributed by atoms with Crippen LogP contribution in [0.2, 0.25) is 0 Å². The molecular formula is C30H35N. The molecule has 0 unspecified atom stereocenters. The van der Waals surface area contributed by atoms with Crippen molar-refractivity contribution in [3.63, 3.8) is 0 Å². The molecular weight excluding hydrogens is 374 g/mol. The summed E-state index contributed by atoms with van der Waals surface area (Å²) in [6, 6.07) is 17.5. The third-order valence-corrected chi connectivity index (χ3v) is 5.16. The second-order valence-electron chi connectivity index (χ2n) is 9.38. The smallest absolute Gasteiger partial charge is 0.0705 e. The second-order valence-corrected chi connectivity index (χ2v) is 9.38. The third kappa shape index (κ3) is 6.97. The molecule has 0 spiro atoms.